The fraction of sp³-hybridized carbons (Fsp3) is 0.429. The number of hydrogen-bond acceptors (Lipinski definition) is 5. The summed E-state index contributed by atoms with van der Waals surface area (Å²) in [6, 6.07) is 6.93. The van der Waals surface area contributed by atoms with Crippen LogP contribution in [0.15, 0.2) is 30.6 Å². The number of carbonyl (C=O) groups is 1. The molecular formula is C14H18N4O3. The average molecular weight is 290 g/mol. The summed E-state index contributed by atoms with van der Waals surface area (Å²) in [5.74, 6) is -1.87. The van der Waals surface area contributed by atoms with Crippen LogP contribution >= 0.6 is 0 Å². The van der Waals surface area contributed by atoms with Gasteiger partial charge in [-0.3, -0.25) is 4.79 Å². The van der Waals surface area contributed by atoms with Crippen molar-refractivity contribution in [3.8, 4) is 5.69 Å². The fourth-order valence-electron chi connectivity index (χ4n) is 2.38. The van der Waals surface area contributed by atoms with Gasteiger partial charge in [0.05, 0.1) is 11.6 Å². The lowest BCUT2D eigenvalue weighted by Gasteiger charge is -2.30. The molecule has 1 aromatic heterocycles. The Balaban J connectivity index is 2.39. The van der Waals surface area contributed by atoms with E-state index >= 15 is 0 Å². The third-order valence-corrected chi connectivity index (χ3v) is 3.60. The molecule has 2 aromatic rings. The second kappa shape index (κ2) is 6.01. The molecule has 0 fully saturated rings. The Morgan fingerprint density at radius 2 is 2.24 bits per heavy atom. The summed E-state index contributed by atoms with van der Waals surface area (Å²) in [7, 11) is 0. The molecule has 0 aliphatic rings. The highest BCUT2D eigenvalue weighted by Gasteiger charge is 2.38. The van der Waals surface area contributed by atoms with Crippen molar-refractivity contribution in [1.29, 1.82) is 0 Å². The molecule has 1 heterocycles. The predicted molar refractivity (Wildman–Crippen MR) is 74.8 cm³/mol. The number of nitrogens with zero attached hydrogens (tertiary/aromatic N) is 4. The van der Waals surface area contributed by atoms with Crippen molar-refractivity contribution in [2.24, 2.45) is 5.92 Å². The Labute approximate surface area is 122 Å². The normalized spacial score (nSPS) is 15.4. The van der Waals surface area contributed by atoms with Crippen molar-refractivity contribution in [3.05, 3.63) is 36.2 Å². The number of aliphatic hydroxyl groups is 1. The van der Waals surface area contributed by atoms with Crippen LogP contribution in [0, 0.1) is 5.92 Å². The van der Waals surface area contributed by atoms with E-state index in [2.05, 4.69) is 15.5 Å². The van der Waals surface area contributed by atoms with Crippen molar-refractivity contribution in [1.82, 2.24) is 20.2 Å². The molecule has 0 aliphatic carbocycles. The number of hydrogen-bond donors (Lipinski definition) is 2. The Morgan fingerprint density at radius 1 is 1.48 bits per heavy atom. The summed E-state index contributed by atoms with van der Waals surface area (Å²) in [5, 5.41) is 31.0. The molecule has 21 heavy (non-hydrogen) atoms. The van der Waals surface area contributed by atoms with Gasteiger partial charge in [-0.2, -0.15) is 0 Å². The third kappa shape index (κ3) is 3.08. The predicted octanol–water partition coefficient (Wildman–Crippen LogP) is 1.37. The van der Waals surface area contributed by atoms with Gasteiger partial charge in [-0.15, -0.1) is 5.10 Å². The molecule has 2 N–H and O–H groups in total. The van der Waals surface area contributed by atoms with Gasteiger partial charge in [0, 0.05) is 0 Å². The first-order chi connectivity index (χ1) is 9.96. The molecule has 2 rings (SSSR count). The number of benzene rings is 1. The molecule has 0 saturated carbocycles. The number of aromatic nitrogens is 4. The van der Waals surface area contributed by atoms with Gasteiger partial charge >= 0.3 is 5.97 Å². The topological polar surface area (TPSA) is 101 Å². The minimum Gasteiger partial charge on any atom is -0.481 e. The monoisotopic (exact) mass is 290 g/mol. The van der Waals surface area contributed by atoms with Crippen molar-refractivity contribution in [2.75, 3.05) is 0 Å². The number of tetrazole rings is 1. The summed E-state index contributed by atoms with van der Waals surface area (Å²) in [6.45, 7) is 3.42. The second-order valence-corrected chi connectivity index (χ2v) is 5.13. The van der Waals surface area contributed by atoms with E-state index in [0.29, 0.717) is 24.1 Å². The Kier molecular flexibility index (Phi) is 4.32. The van der Waals surface area contributed by atoms with Crippen LogP contribution < -0.4 is 0 Å². The lowest BCUT2D eigenvalue weighted by molar-refractivity contribution is -0.152. The van der Waals surface area contributed by atoms with Crippen LogP contribution in [-0.2, 0) is 10.4 Å². The second-order valence-electron chi connectivity index (χ2n) is 5.13. The molecule has 0 saturated heterocycles. The van der Waals surface area contributed by atoms with Crippen molar-refractivity contribution < 1.29 is 15.0 Å². The summed E-state index contributed by atoms with van der Waals surface area (Å²) in [5.41, 5.74) is -0.277. The Bertz CT molecular complexity index is 610. The molecule has 2 atom stereocenters. The van der Waals surface area contributed by atoms with Crippen LogP contribution in [-0.4, -0.2) is 36.4 Å². The first kappa shape index (κ1) is 15.1. The molecule has 1 aromatic carbocycles. The highest BCUT2D eigenvalue weighted by Crippen LogP contribution is 2.33. The maximum absolute atomic E-state index is 11.4. The lowest BCUT2D eigenvalue weighted by atomic mass is 9.80. The van der Waals surface area contributed by atoms with E-state index < -0.39 is 17.5 Å². The standard InChI is InChI=1S/C14H18N4O3/c1-3-5-12(13(19)20)14(2,21)10-6-4-7-11(8-10)18-9-15-16-17-18/h4,6-9,12,21H,3,5H2,1-2H3,(H,19,20). The molecule has 0 amide bonds. The van der Waals surface area contributed by atoms with E-state index in [1.165, 1.54) is 17.9 Å². The lowest BCUT2D eigenvalue weighted by Crippen LogP contribution is -2.37. The number of aliphatic carboxylic acids is 1. The summed E-state index contributed by atoms with van der Waals surface area (Å²) in [6.07, 6.45) is 2.52. The van der Waals surface area contributed by atoms with Gasteiger partial charge in [-0.05, 0) is 41.5 Å². The molecule has 0 aliphatic heterocycles. The van der Waals surface area contributed by atoms with E-state index in [-0.39, 0.29) is 0 Å². The molecule has 0 bridgehead atoms. The van der Waals surface area contributed by atoms with Gasteiger partial charge in [0.15, 0.2) is 0 Å². The molecule has 7 nitrogen and oxygen atoms in total. The quantitative estimate of drug-likeness (QED) is 0.833. The van der Waals surface area contributed by atoms with Crippen molar-refractivity contribution in [3.63, 3.8) is 0 Å². The molecular weight excluding hydrogens is 272 g/mol. The highest BCUT2D eigenvalue weighted by molar-refractivity contribution is 5.72. The molecule has 0 radical (unpaired) electrons. The molecule has 7 heteroatoms. The van der Waals surface area contributed by atoms with Crippen molar-refractivity contribution >= 4 is 5.97 Å². The summed E-state index contributed by atoms with van der Waals surface area (Å²) in [4.78, 5) is 11.4. The van der Waals surface area contributed by atoms with Crippen LogP contribution in [0.1, 0.15) is 32.3 Å². The van der Waals surface area contributed by atoms with Gasteiger partial charge in [-0.1, -0.05) is 25.5 Å². The zero-order valence-corrected chi connectivity index (χ0v) is 12.0. The number of carboxylic acid groups (broad SMARTS) is 1. The van der Waals surface area contributed by atoms with E-state index in [1.807, 2.05) is 6.92 Å². The molecule has 2 unspecified atom stereocenters. The molecule has 112 valence electrons. The Morgan fingerprint density at radius 3 is 2.81 bits per heavy atom. The first-order valence-electron chi connectivity index (χ1n) is 6.76. The highest BCUT2D eigenvalue weighted by atomic mass is 16.4. The minimum absolute atomic E-state index is 0.400. The summed E-state index contributed by atoms with van der Waals surface area (Å²) >= 11 is 0. The number of carboxylic acids is 1. The van der Waals surface area contributed by atoms with Gasteiger partial charge in [0.1, 0.15) is 11.9 Å². The van der Waals surface area contributed by atoms with Crippen LogP contribution in [0.3, 0.4) is 0 Å². The van der Waals surface area contributed by atoms with Gasteiger partial charge < -0.3 is 10.2 Å². The fourth-order valence-corrected chi connectivity index (χ4v) is 2.38. The molecule has 0 spiro atoms. The van der Waals surface area contributed by atoms with E-state index in [0.717, 1.165) is 0 Å². The van der Waals surface area contributed by atoms with Crippen LogP contribution in [0.2, 0.25) is 0 Å². The summed E-state index contributed by atoms with van der Waals surface area (Å²) < 4.78 is 1.45. The van der Waals surface area contributed by atoms with Gasteiger partial charge in [-0.25, -0.2) is 4.68 Å². The van der Waals surface area contributed by atoms with Crippen LogP contribution in [0.5, 0.6) is 0 Å². The van der Waals surface area contributed by atoms with Crippen molar-refractivity contribution in [2.45, 2.75) is 32.3 Å². The SMILES string of the molecule is CCCC(C(=O)O)C(C)(O)c1cccc(-n2cnnn2)c1. The minimum atomic E-state index is -1.47. The number of rotatable bonds is 6. The first-order valence-corrected chi connectivity index (χ1v) is 6.76. The zero-order chi connectivity index (χ0) is 15.5. The maximum atomic E-state index is 11.4. The largest absolute Gasteiger partial charge is 0.481 e. The van der Waals surface area contributed by atoms with E-state index in [9.17, 15) is 15.0 Å². The average Bonchev–Trinajstić information content (AvgIpc) is 2.98. The Hall–Kier alpha value is -2.28. The zero-order valence-electron chi connectivity index (χ0n) is 12.0. The van der Waals surface area contributed by atoms with Crippen LogP contribution in [0.25, 0.3) is 5.69 Å². The van der Waals surface area contributed by atoms with E-state index in [1.54, 1.807) is 24.3 Å². The van der Waals surface area contributed by atoms with Gasteiger partial charge in [0.2, 0.25) is 0 Å². The van der Waals surface area contributed by atoms with E-state index in [4.69, 9.17) is 0 Å². The van der Waals surface area contributed by atoms with Crippen LogP contribution in [0.4, 0.5) is 0 Å². The third-order valence-electron chi connectivity index (χ3n) is 3.60. The maximum Gasteiger partial charge on any atom is 0.309 e. The smallest absolute Gasteiger partial charge is 0.309 e. The van der Waals surface area contributed by atoms with Gasteiger partial charge in [0.25, 0.3) is 0 Å².